The van der Waals surface area contributed by atoms with Gasteiger partial charge in [0, 0.05) is 6.42 Å². The zero-order chi connectivity index (χ0) is 21.9. The minimum atomic E-state index is -5.93. The second-order valence-corrected chi connectivity index (χ2v) is 11.2. The number of esters is 2. The van der Waals surface area contributed by atoms with Crippen molar-refractivity contribution < 1.29 is 40.8 Å². The van der Waals surface area contributed by atoms with Gasteiger partial charge in [-0.2, -0.15) is 8.78 Å². The lowest BCUT2D eigenvalue weighted by Gasteiger charge is -2.60. The Hall–Kier alpha value is -1.29. The van der Waals surface area contributed by atoms with E-state index >= 15 is 0 Å². The molecule has 0 N–H and O–H groups in total. The highest BCUT2D eigenvalue weighted by Gasteiger charge is 2.63. The Morgan fingerprint density at radius 3 is 2.17 bits per heavy atom. The van der Waals surface area contributed by atoms with Crippen LogP contribution < -0.4 is 0 Å². The molecule has 7 nitrogen and oxygen atoms in total. The SMILES string of the molecule is CCC(C)(C)C(=O)OC12CC3CC(C1)CC(C(=O)OCC(F)(F)S(=O)(=O)[O-])(C3)C2. The van der Waals surface area contributed by atoms with Gasteiger partial charge in [0.2, 0.25) is 0 Å². The number of hydrogen-bond donors (Lipinski definition) is 0. The van der Waals surface area contributed by atoms with Gasteiger partial charge < -0.3 is 14.0 Å². The first-order valence-electron chi connectivity index (χ1n) is 9.88. The molecule has 0 radical (unpaired) electrons. The molecule has 10 heteroatoms. The fourth-order valence-corrected chi connectivity index (χ4v) is 5.59. The van der Waals surface area contributed by atoms with Gasteiger partial charge in [0.05, 0.1) is 10.8 Å². The lowest BCUT2D eigenvalue weighted by Crippen LogP contribution is -2.60. The monoisotopic (exact) mass is 437 g/mol. The molecule has 4 aliphatic carbocycles. The topological polar surface area (TPSA) is 110 Å². The summed E-state index contributed by atoms with van der Waals surface area (Å²) in [5, 5.41) is -4.68. The fourth-order valence-electron chi connectivity index (χ4n) is 5.39. The van der Waals surface area contributed by atoms with Gasteiger partial charge in [0.25, 0.3) is 0 Å². The molecule has 29 heavy (non-hydrogen) atoms. The van der Waals surface area contributed by atoms with Crippen LogP contribution in [0.15, 0.2) is 0 Å². The Kier molecular flexibility index (Phi) is 5.30. The van der Waals surface area contributed by atoms with Gasteiger partial charge in [-0.1, -0.05) is 6.92 Å². The molecule has 0 saturated heterocycles. The smallest absolute Gasteiger partial charge is 0.367 e. The second kappa shape index (κ2) is 6.87. The van der Waals surface area contributed by atoms with Gasteiger partial charge >= 0.3 is 17.2 Å². The van der Waals surface area contributed by atoms with Gasteiger partial charge in [0.15, 0.2) is 16.7 Å². The first kappa shape index (κ1) is 22.4. The second-order valence-electron chi connectivity index (χ2n) is 9.72. The number of carbonyl (C=O) groups excluding carboxylic acids is 2. The molecule has 4 fully saturated rings. The summed E-state index contributed by atoms with van der Waals surface area (Å²) in [6, 6.07) is 0. The van der Waals surface area contributed by atoms with E-state index in [-0.39, 0.29) is 24.2 Å². The van der Waals surface area contributed by atoms with Crippen LogP contribution in [-0.2, 0) is 29.2 Å². The summed E-state index contributed by atoms with van der Waals surface area (Å²) >= 11 is 0. The number of halogens is 2. The van der Waals surface area contributed by atoms with E-state index in [9.17, 15) is 31.3 Å². The normalized spacial score (nSPS) is 34.1. The predicted octanol–water partition coefficient (Wildman–Crippen LogP) is 2.99. The van der Waals surface area contributed by atoms with Crippen molar-refractivity contribution >= 4 is 22.1 Å². The van der Waals surface area contributed by atoms with Crippen molar-refractivity contribution in [3.63, 3.8) is 0 Å². The lowest BCUT2D eigenvalue weighted by atomic mass is 9.48. The maximum atomic E-state index is 13.4. The molecule has 0 amide bonds. The van der Waals surface area contributed by atoms with Crippen LogP contribution in [0, 0.1) is 22.7 Å². The maximum Gasteiger partial charge on any atom is 0.367 e. The fraction of sp³-hybridized carbons (Fsp3) is 0.895. The van der Waals surface area contributed by atoms with Gasteiger partial charge in [-0.25, -0.2) is 8.42 Å². The van der Waals surface area contributed by atoms with Crippen LogP contribution in [0.3, 0.4) is 0 Å². The quantitative estimate of drug-likeness (QED) is 0.445. The van der Waals surface area contributed by atoms with E-state index in [0.29, 0.717) is 32.1 Å². The average Bonchev–Trinajstić information content (AvgIpc) is 2.57. The Bertz CT molecular complexity index is 791. The van der Waals surface area contributed by atoms with Crippen molar-refractivity contribution in [2.24, 2.45) is 22.7 Å². The molecule has 0 heterocycles. The summed E-state index contributed by atoms with van der Waals surface area (Å²) in [5.74, 6) is -1.09. The van der Waals surface area contributed by atoms with Crippen molar-refractivity contribution in [2.75, 3.05) is 6.61 Å². The van der Waals surface area contributed by atoms with Crippen molar-refractivity contribution in [3.8, 4) is 0 Å². The summed E-state index contributed by atoms with van der Waals surface area (Å²) < 4.78 is 69.4. The molecule has 0 spiro atoms. The van der Waals surface area contributed by atoms with Crippen LogP contribution in [-0.4, -0.2) is 42.4 Å². The zero-order valence-electron chi connectivity index (χ0n) is 16.8. The molecule has 0 aromatic rings. The average molecular weight is 437 g/mol. The number of hydrogen-bond acceptors (Lipinski definition) is 7. The molecular formula is C19H27F2O7S-. The summed E-state index contributed by atoms with van der Waals surface area (Å²) in [4.78, 5) is 25.4. The Morgan fingerprint density at radius 1 is 1.14 bits per heavy atom. The minimum Gasteiger partial charge on any atom is -0.743 e. The maximum absolute atomic E-state index is 13.4. The molecule has 4 saturated carbocycles. The minimum absolute atomic E-state index is 0.102. The number of alkyl halides is 2. The van der Waals surface area contributed by atoms with Crippen molar-refractivity contribution in [3.05, 3.63) is 0 Å². The van der Waals surface area contributed by atoms with Crippen LogP contribution >= 0.6 is 0 Å². The first-order valence-corrected chi connectivity index (χ1v) is 11.3. The number of carbonyl (C=O) groups is 2. The molecule has 2 atom stereocenters. The third-order valence-corrected chi connectivity index (χ3v) is 7.77. The highest BCUT2D eigenvalue weighted by Crippen LogP contribution is 2.63. The Morgan fingerprint density at radius 2 is 1.69 bits per heavy atom. The molecular weight excluding hydrogens is 410 g/mol. The number of rotatable bonds is 7. The van der Waals surface area contributed by atoms with E-state index in [4.69, 9.17) is 4.74 Å². The lowest BCUT2D eigenvalue weighted by molar-refractivity contribution is -0.219. The van der Waals surface area contributed by atoms with Crippen LogP contribution in [0.5, 0.6) is 0 Å². The zero-order valence-corrected chi connectivity index (χ0v) is 17.6. The first-order chi connectivity index (χ1) is 13.1. The summed E-state index contributed by atoms with van der Waals surface area (Å²) in [6.07, 6.45) is 3.72. The van der Waals surface area contributed by atoms with Gasteiger partial charge in [-0.3, -0.25) is 9.59 Å². The van der Waals surface area contributed by atoms with E-state index in [1.54, 1.807) is 13.8 Å². The van der Waals surface area contributed by atoms with E-state index in [1.165, 1.54) is 0 Å². The molecule has 166 valence electrons. The van der Waals surface area contributed by atoms with E-state index in [1.807, 2.05) is 6.92 Å². The largest absolute Gasteiger partial charge is 0.743 e. The van der Waals surface area contributed by atoms with Crippen molar-refractivity contribution in [1.82, 2.24) is 0 Å². The molecule has 4 bridgehead atoms. The molecule has 0 aromatic heterocycles. The molecule has 4 rings (SSSR count). The molecule has 4 aliphatic rings. The summed E-state index contributed by atoms with van der Waals surface area (Å²) in [6.45, 7) is 3.64. The van der Waals surface area contributed by atoms with Gasteiger partial charge in [-0.15, -0.1) is 0 Å². The van der Waals surface area contributed by atoms with Crippen LogP contribution in [0.4, 0.5) is 8.78 Å². The Labute approximate surface area is 169 Å². The number of ether oxygens (including phenoxy) is 2. The standard InChI is InChI=1S/C19H28F2O7S/c1-4-16(2,3)14(22)28-18-8-12-5-13(9-18)7-17(6-12,10-18)15(23)27-11-19(20,21)29(24,25)26/h12-13H,4-11H2,1-3H3,(H,24,25,26)/p-1. The molecule has 0 aliphatic heterocycles. The Balaban J connectivity index is 1.78. The highest BCUT2D eigenvalue weighted by atomic mass is 32.2. The van der Waals surface area contributed by atoms with Crippen LogP contribution in [0.1, 0.15) is 65.7 Å². The molecule has 0 aromatic carbocycles. The summed E-state index contributed by atoms with van der Waals surface area (Å²) in [5.41, 5.74) is -2.61. The predicted molar refractivity (Wildman–Crippen MR) is 95.6 cm³/mol. The molecule has 2 unspecified atom stereocenters. The van der Waals surface area contributed by atoms with Gasteiger partial charge in [0.1, 0.15) is 5.60 Å². The van der Waals surface area contributed by atoms with Crippen LogP contribution in [0.25, 0.3) is 0 Å². The highest BCUT2D eigenvalue weighted by molar-refractivity contribution is 7.86. The summed E-state index contributed by atoms with van der Waals surface area (Å²) in [7, 11) is -5.93. The third-order valence-electron chi connectivity index (χ3n) is 6.92. The van der Waals surface area contributed by atoms with Crippen LogP contribution in [0.2, 0.25) is 0 Å². The van der Waals surface area contributed by atoms with Gasteiger partial charge in [-0.05, 0) is 64.2 Å². The van der Waals surface area contributed by atoms with E-state index in [0.717, 1.165) is 6.42 Å². The third kappa shape index (κ3) is 4.02. The van der Waals surface area contributed by atoms with E-state index < -0.39 is 44.4 Å². The van der Waals surface area contributed by atoms with Crippen molar-refractivity contribution in [2.45, 2.75) is 76.6 Å². The van der Waals surface area contributed by atoms with E-state index in [2.05, 4.69) is 4.74 Å². The van der Waals surface area contributed by atoms with Crippen molar-refractivity contribution in [1.29, 1.82) is 0 Å².